The normalized spacial score (nSPS) is 16.8. The molecular weight excluding hydrogens is 394 g/mol. The van der Waals surface area contributed by atoms with E-state index in [0.29, 0.717) is 22.0 Å². The molecule has 0 spiro atoms. The number of benzene rings is 2. The first-order valence-corrected chi connectivity index (χ1v) is 11.4. The molecule has 0 saturated carbocycles. The van der Waals surface area contributed by atoms with Gasteiger partial charge < -0.3 is 4.90 Å². The number of fused-ring (bicyclic) bond motifs is 1. The van der Waals surface area contributed by atoms with Gasteiger partial charge in [0, 0.05) is 13.1 Å². The molecule has 1 amide bonds. The summed E-state index contributed by atoms with van der Waals surface area (Å²) >= 11 is 1.35. The maximum Gasteiger partial charge on any atom is 0.266 e. The lowest BCUT2D eigenvalue weighted by Crippen LogP contribution is -2.40. The molecule has 1 aromatic heterocycles. The van der Waals surface area contributed by atoms with Crippen LogP contribution in [-0.2, 0) is 4.79 Å². The van der Waals surface area contributed by atoms with Gasteiger partial charge in [-0.1, -0.05) is 49.0 Å². The fraction of sp³-hybridized carbons (Fsp3) is 0.375. The SMILES string of the molecule is Cc1cccc(C)c1-n1c(SCC(=O)N2CCCC(C)C2)nc2ccccc2c1=O. The lowest BCUT2D eigenvalue weighted by molar-refractivity contribution is -0.130. The lowest BCUT2D eigenvalue weighted by atomic mass is 10.0. The molecule has 2 aromatic carbocycles. The highest BCUT2D eigenvalue weighted by Gasteiger charge is 2.22. The van der Waals surface area contributed by atoms with Gasteiger partial charge in [0.1, 0.15) is 0 Å². The standard InChI is InChI=1S/C24H27N3O2S/c1-16-8-7-13-26(14-16)21(28)15-30-24-25-20-12-5-4-11-19(20)23(29)27(24)22-17(2)9-6-10-18(22)3/h4-6,9-12,16H,7-8,13-15H2,1-3H3. The number of carbonyl (C=O) groups excluding carboxylic acids is 1. The smallest absolute Gasteiger partial charge is 0.266 e. The van der Waals surface area contributed by atoms with Crippen molar-refractivity contribution in [1.82, 2.24) is 14.5 Å². The first-order chi connectivity index (χ1) is 14.5. The summed E-state index contributed by atoms with van der Waals surface area (Å²) in [5.74, 6) is 0.934. The van der Waals surface area contributed by atoms with Crippen molar-refractivity contribution >= 4 is 28.6 Å². The van der Waals surface area contributed by atoms with Crippen LogP contribution in [0.2, 0.25) is 0 Å². The van der Waals surface area contributed by atoms with Crippen molar-refractivity contribution in [1.29, 1.82) is 0 Å². The van der Waals surface area contributed by atoms with Crippen LogP contribution in [-0.4, -0.2) is 39.2 Å². The van der Waals surface area contributed by atoms with Crippen LogP contribution in [0, 0.1) is 19.8 Å². The van der Waals surface area contributed by atoms with Gasteiger partial charge in [-0.15, -0.1) is 0 Å². The zero-order valence-corrected chi connectivity index (χ0v) is 18.5. The first-order valence-electron chi connectivity index (χ1n) is 10.4. The molecule has 1 aliphatic heterocycles. The minimum absolute atomic E-state index is 0.0976. The minimum Gasteiger partial charge on any atom is -0.342 e. The number of carbonyl (C=O) groups is 1. The van der Waals surface area contributed by atoms with E-state index in [4.69, 9.17) is 4.98 Å². The molecule has 1 atom stereocenters. The average Bonchev–Trinajstić information content (AvgIpc) is 2.73. The van der Waals surface area contributed by atoms with E-state index in [1.54, 1.807) is 4.57 Å². The number of aryl methyl sites for hydroxylation is 2. The largest absolute Gasteiger partial charge is 0.342 e. The number of rotatable bonds is 4. The topological polar surface area (TPSA) is 55.2 Å². The number of piperidine rings is 1. The summed E-state index contributed by atoms with van der Waals surface area (Å²) < 4.78 is 1.68. The molecule has 1 unspecified atom stereocenters. The van der Waals surface area contributed by atoms with E-state index in [-0.39, 0.29) is 17.2 Å². The van der Waals surface area contributed by atoms with Crippen LogP contribution in [0.15, 0.2) is 52.4 Å². The Balaban J connectivity index is 1.75. The summed E-state index contributed by atoms with van der Waals surface area (Å²) in [7, 11) is 0. The molecule has 30 heavy (non-hydrogen) atoms. The van der Waals surface area contributed by atoms with Crippen LogP contribution >= 0.6 is 11.8 Å². The third-order valence-corrected chi connectivity index (χ3v) is 6.67. The zero-order chi connectivity index (χ0) is 21.3. The molecular formula is C24H27N3O2S. The fourth-order valence-corrected chi connectivity index (χ4v) is 5.10. The predicted octanol–water partition coefficient (Wildman–Crippen LogP) is 4.35. The maximum absolute atomic E-state index is 13.5. The maximum atomic E-state index is 13.5. The Morgan fingerprint density at radius 2 is 1.87 bits per heavy atom. The van der Waals surface area contributed by atoms with Crippen LogP contribution in [0.4, 0.5) is 0 Å². The van der Waals surface area contributed by atoms with Crippen molar-refractivity contribution in [2.45, 2.75) is 38.8 Å². The molecule has 2 heterocycles. The average molecular weight is 422 g/mol. The Kier molecular flexibility index (Phi) is 5.95. The van der Waals surface area contributed by atoms with E-state index in [2.05, 4.69) is 6.92 Å². The molecule has 5 nitrogen and oxygen atoms in total. The van der Waals surface area contributed by atoms with Gasteiger partial charge in [0.25, 0.3) is 5.56 Å². The van der Waals surface area contributed by atoms with Gasteiger partial charge >= 0.3 is 0 Å². The molecule has 3 aromatic rings. The number of thioether (sulfide) groups is 1. The lowest BCUT2D eigenvalue weighted by Gasteiger charge is -2.30. The summed E-state index contributed by atoms with van der Waals surface area (Å²) in [6, 6.07) is 13.4. The molecule has 4 rings (SSSR count). The quantitative estimate of drug-likeness (QED) is 0.464. The Morgan fingerprint density at radius 1 is 1.13 bits per heavy atom. The highest BCUT2D eigenvalue weighted by Crippen LogP contribution is 2.26. The Morgan fingerprint density at radius 3 is 2.60 bits per heavy atom. The van der Waals surface area contributed by atoms with Crippen molar-refractivity contribution in [3.05, 3.63) is 63.9 Å². The van der Waals surface area contributed by atoms with Crippen molar-refractivity contribution in [2.24, 2.45) is 5.92 Å². The second kappa shape index (κ2) is 8.64. The van der Waals surface area contributed by atoms with E-state index < -0.39 is 0 Å². The van der Waals surface area contributed by atoms with E-state index in [1.807, 2.05) is 61.2 Å². The molecule has 1 saturated heterocycles. The molecule has 156 valence electrons. The van der Waals surface area contributed by atoms with Gasteiger partial charge in [-0.2, -0.15) is 0 Å². The van der Waals surface area contributed by atoms with E-state index in [9.17, 15) is 9.59 Å². The summed E-state index contributed by atoms with van der Waals surface area (Å²) in [6.45, 7) is 7.82. The van der Waals surface area contributed by atoms with Crippen molar-refractivity contribution in [3.8, 4) is 5.69 Å². The molecule has 0 radical (unpaired) electrons. The van der Waals surface area contributed by atoms with Gasteiger partial charge in [-0.3, -0.25) is 14.2 Å². The van der Waals surface area contributed by atoms with Gasteiger partial charge in [0.15, 0.2) is 5.16 Å². The first kappa shape index (κ1) is 20.7. The minimum atomic E-state index is -0.0976. The summed E-state index contributed by atoms with van der Waals surface area (Å²) in [5.41, 5.74) is 3.42. The van der Waals surface area contributed by atoms with Gasteiger partial charge in [-0.25, -0.2) is 4.98 Å². The number of hydrogen-bond donors (Lipinski definition) is 0. The third-order valence-electron chi connectivity index (χ3n) is 5.74. The van der Waals surface area contributed by atoms with E-state index >= 15 is 0 Å². The fourth-order valence-electron chi connectivity index (χ4n) is 4.20. The second-order valence-electron chi connectivity index (χ2n) is 8.17. The predicted molar refractivity (Wildman–Crippen MR) is 123 cm³/mol. The number of nitrogens with zero attached hydrogens (tertiary/aromatic N) is 3. The molecule has 6 heteroatoms. The number of para-hydroxylation sites is 2. The van der Waals surface area contributed by atoms with Gasteiger partial charge in [0.05, 0.1) is 22.3 Å². The van der Waals surface area contributed by atoms with Crippen molar-refractivity contribution in [2.75, 3.05) is 18.8 Å². The van der Waals surface area contributed by atoms with Crippen molar-refractivity contribution < 1.29 is 4.79 Å². The van der Waals surface area contributed by atoms with Crippen LogP contribution in [0.25, 0.3) is 16.6 Å². The Bertz CT molecular complexity index is 1130. The third kappa shape index (κ3) is 4.01. The number of amides is 1. The zero-order valence-electron chi connectivity index (χ0n) is 17.7. The number of hydrogen-bond acceptors (Lipinski definition) is 4. The highest BCUT2D eigenvalue weighted by molar-refractivity contribution is 7.99. The summed E-state index contributed by atoms with van der Waals surface area (Å²) in [5, 5.41) is 1.15. The Labute approximate surface area is 181 Å². The van der Waals surface area contributed by atoms with Crippen LogP contribution in [0.1, 0.15) is 30.9 Å². The summed E-state index contributed by atoms with van der Waals surface area (Å²) in [4.78, 5) is 33.0. The summed E-state index contributed by atoms with van der Waals surface area (Å²) in [6.07, 6.45) is 2.23. The van der Waals surface area contributed by atoms with E-state index in [1.165, 1.54) is 18.2 Å². The van der Waals surface area contributed by atoms with Crippen LogP contribution in [0.5, 0.6) is 0 Å². The van der Waals surface area contributed by atoms with Gasteiger partial charge in [0.2, 0.25) is 5.91 Å². The number of likely N-dealkylation sites (tertiary alicyclic amines) is 1. The van der Waals surface area contributed by atoms with E-state index in [0.717, 1.165) is 36.3 Å². The van der Waals surface area contributed by atoms with Crippen LogP contribution in [0.3, 0.4) is 0 Å². The molecule has 0 N–H and O–H groups in total. The molecule has 0 aliphatic carbocycles. The highest BCUT2D eigenvalue weighted by atomic mass is 32.2. The monoisotopic (exact) mass is 421 g/mol. The Hall–Kier alpha value is -2.60. The molecule has 1 aliphatic rings. The second-order valence-corrected chi connectivity index (χ2v) is 9.11. The number of aromatic nitrogens is 2. The molecule has 1 fully saturated rings. The van der Waals surface area contributed by atoms with Crippen molar-refractivity contribution in [3.63, 3.8) is 0 Å². The van der Waals surface area contributed by atoms with Crippen LogP contribution < -0.4 is 5.56 Å². The molecule has 0 bridgehead atoms. The van der Waals surface area contributed by atoms with Gasteiger partial charge in [-0.05, 0) is 55.9 Å².